The molecule has 8 heteroatoms. The number of fused-ring (bicyclic) bond motifs is 1. The minimum absolute atomic E-state index is 0.0511. The highest BCUT2D eigenvalue weighted by molar-refractivity contribution is 6.46. The van der Waals surface area contributed by atoms with Crippen LogP contribution in [0.4, 0.5) is 0 Å². The second-order valence-electron chi connectivity index (χ2n) is 10.2. The molecule has 0 aliphatic carbocycles. The molecule has 1 amide bonds. The van der Waals surface area contributed by atoms with E-state index in [4.69, 9.17) is 14.2 Å². The van der Waals surface area contributed by atoms with Gasteiger partial charge in [-0.2, -0.15) is 0 Å². The largest absolute Gasteiger partial charge is 0.507 e. The van der Waals surface area contributed by atoms with Gasteiger partial charge in [0.1, 0.15) is 17.6 Å². The molecule has 0 spiro atoms. The van der Waals surface area contributed by atoms with E-state index in [1.807, 2.05) is 44.1 Å². The second-order valence-corrected chi connectivity index (χ2v) is 10.2. The SMILES string of the molecule is CCCCOc1ccc(C2C(=C(O)c3ccc4c(c3)CC(C)O4)C(=O)C(=O)N2CCCN(C)C)cc1OC. The average molecular weight is 523 g/mol. The van der Waals surface area contributed by atoms with E-state index in [1.165, 1.54) is 0 Å². The number of carbonyl (C=O) groups is 2. The number of ketones is 1. The monoisotopic (exact) mass is 522 g/mol. The third-order valence-electron chi connectivity index (χ3n) is 6.97. The average Bonchev–Trinajstić information content (AvgIpc) is 3.39. The molecule has 204 valence electrons. The van der Waals surface area contributed by atoms with E-state index in [-0.39, 0.29) is 17.4 Å². The molecule has 2 atom stereocenters. The quantitative estimate of drug-likeness (QED) is 0.200. The molecule has 1 saturated heterocycles. The maximum atomic E-state index is 13.4. The fourth-order valence-corrected chi connectivity index (χ4v) is 5.04. The van der Waals surface area contributed by atoms with Crippen LogP contribution >= 0.6 is 0 Å². The van der Waals surface area contributed by atoms with Crippen molar-refractivity contribution in [2.75, 3.05) is 40.9 Å². The zero-order valence-corrected chi connectivity index (χ0v) is 23.0. The van der Waals surface area contributed by atoms with Gasteiger partial charge < -0.3 is 29.1 Å². The van der Waals surface area contributed by atoms with E-state index in [0.29, 0.717) is 42.2 Å². The van der Waals surface area contributed by atoms with E-state index < -0.39 is 17.7 Å². The zero-order chi connectivity index (χ0) is 27.4. The van der Waals surface area contributed by atoms with E-state index in [0.717, 1.165) is 37.1 Å². The molecular weight excluding hydrogens is 484 g/mol. The molecular formula is C30H38N2O6. The first-order chi connectivity index (χ1) is 18.2. The lowest BCUT2D eigenvalue weighted by atomic mass is 9.94. The number of hydrogen-bond acceptors (Lipinski definition) is 7. The smallest absolute Gasteiger partial charge is 0.295 e. The van der Waals surface area contributed by atoms with Gasteiger partial charge in [-0.25, -0.2) is 0 Å². The molecule has 2 unspecified atom stereocenters. The predicted molar refractivity (Wildman–Crippen MR) is 146 cm³/mol. The van der Waals surface area contributed by atoms with Crippen LogP contribution in [-0.4, -0.2) is 73.6 Å². The topological polar surface area (TPSA) is 88.5 Å². The third kappa shape index (κ3) is 5.65. The molecule has 0 radical (unpaired) electrons. The molecule has 2 aliphatic heterocycles. The molecule has 0 aromatic heterocycles. The molecule has 0 bridgehead atoms. The Morgan fingerprint density at radius 1 is 1.13 bits per heavy atom. The van der Waals surface area contributed by atoms with Crippen molar-refractivity contribution in [3.8, 4) is 17.2 Å². The van der Waals surface area contributed by atoms with Crippen LogP contribution in [0.1, 0.15) is 55.8 Å². The van der Waals surface area contributed by atoms with Gasteiger partial charge in [0.15, 0.2) is 11.5 Å². The lowest BCUT2D eigenvalue weighted by Gasteiger charge is -2.26. The first kappa shape index (κ1) is 27.5. The van der Waals surface area contributed by atoms with Crippen molar-refractivity contribution >= 4 is 17.4 Å². The van der Waals surface area contributed by atoms with Gasteiger partial charge in [0.25, 0.3) is 11.7 Å². The number of Topliss-reactive ketones (excluding diaryl/α,β-unsaturated/α-hetero) is 1. The standard InChI is InChI=1S/C30H38N2O6/c1-6-7-15-37-24-12-9-20(18-25(24)36-5)27-26(29(34)30(35)32(27)14-8-13-31(3)4)28(33)21-10-11-23-22(17-21)16-19(2)38-23/h9-12,17-19,27,33H,6-8,13-16H2,1-5H3. The first-order valence-electron chi connectivity index (χ1n) is 13.3. The van der Waals surface area contributed by atoms with E-state index in [1.54, 1.807) is 30.2 Å². The number of rotatable bonds is 11. The van der Waals surface area contributed by atoms with E-state index in [2.05, 4.69) is 6.92 Å². The Balaban J connectivity index is 1.77. The van der Waals surface area contributed by atoms with Crippen molar-refractivity contribution < 1.29 is 28.9 Å². The Kier molecular flexibility index (Phi) is 8.62. The molecule has 2 aromatic rings. The van der Waals surface area contributed by atoms with Crippen molar-refractivity contribution in [1.29, 1.82) is 0 Å². The van der Waals surface area contributed by atoms with Gasteiger partial charge in [0.05, 0.1) is 25.3 Å². The lowest BCUT2D eigenvalue weighted by molar-refractivity contribution is -0.139. The molecule has 38 heavy (non-hydrogen) atoms. The summed E-state index contributed by atoms with van der Waals surface area (Å²) in [6.07, 6.45) is 3.38. The van der Waals surface area contributed by atoms with Crippen LogP contribution in [0.25, 0.3) is 5.76 Å². The van der Waals surface area contributed by atoms with Gasteiger partial charge in [-0.05, 0) is 81.9 Å². The normalized spacial score (nSPS) is 20.1. The van der Waals surface area contributed by atoms with Crippen LogP contribution in [0, 0.1) is 0 Å². The number of amides is 1. The molecule has 0 saturated carbocycles. The van der Waals surface area contributed by atoms with Crippen LogP contribution in [0.15, 0.2) is 42.0 Å². The Labute approximate surface area is 224 Å². The lowest BCUT2D eigenvalue weighted by Crippen LogP contribution is -2.32. The van der Waals surface area contributed by atoms with Gasteiger partial charge in [-0.1, -0.05) is 19.4 Å². The van der Waals surface area contributed by atoms with Crippen LogP contribution < -0.4 is 14.2 Å². The van der Waals surface area contributed by atoms with Crippen LogP contribution in [0.5, 0.6) is 17.2 Å². The van der Waals surface area contributed by atoms with Gasteiger partial charge in [-0.15, -0.1) is 0 Å². The molecule has 8 nitrogen and oxygen atoms in total. The number of ether oxygens (including phenoxy) is 3. The second kappa shape index (κ2) is 11.9. The molecule has 2 heterocycles. The summed E-state index contributed by atoms with van der Waals surface area (Å²) >= 11 is 0. The Morgan fingerprint density at radius 3 is 2.63 bits per heavy atom. The zero-order valence-electron chi connectivity index (χ0n) is 23.0. The Bertz CT molecular complexity index is 1220. The first-order valence-corrected chi connectivity index (χ1v) is 13.3. The molecule has 1 N–H and O–H groups in total. The summed E-state index contributed by atoms with van der Waals surface area (Å²) in [6.45, 7) is 5.78. The van der Waals surface area contributed by atoms with Crippen LogP contribution in [0.3, 0.4) is 0 Å². The van der Waals surface area contributed by atoms with Crippen molar-refractivity contribution in [2.45, 2.75) is 51.7 Å². The van der Waals surface area contributed by atoms with Crippen molar-refractivity contribution in [3.63, 3.8) is 0 Å². The fraction of sp³-hybridized carbons (Fsp3) is 0.467. The number of likely N-dealkylation sites (tertiary alicyclic amines) is 1. The highest BCUT2D eigenvalue weighted by atomic mass is 16.5. The summed E-state index contributed by atoms with van der Waals surface area (Å²) in [4.78, 5) is 30.3. The van der Waals surface area contributed by atoms with E-state index in [9.17, 15) is 14.7 Å². The maximum absolute atomic E-state index is 13.4. The van der Waals surface area contributed by atoms with Gasteiger partial charge >= 0.3 is 0 Å². The molecule has 2 aliphatic rings. The minimum Gasteiger partial charge on any atom is -0.507 e. The number of methoxy groups -OCH3 is 1. The number of nitrogens with zero attached hydrogens (tertiary/aromatic N) is 2. The number of aliphatic hydroxyl groups excluding tert-OH is 1. The number of hydrogen-bond donors (Lipinski definition) is 1. The van der Waals surface area contributed by atoms with Crippen molar-refractivity contribution in [2.24, 2.45) is 0 Å². The van der Waals surface area contributed by atoms with Crippen molar-refractivity contribution in [3.05, 3.63) is 58.7 Å². The summed E-state index contributed by atoms with van der Waals surface area (Å²) in [7, 11) is 5.49. The van der Waals surface area contributed by atoms with Gasteiger partial charge in [0, 0.05) is 18.5 Å². The number of carbonyl (C=O) groups excluding carboxylic acids is 2. The third-order valence-corrected chi connectivity index (χ3v) is 6.97. The molecule has 1 fully saturated rings. The number of benzene rings is 2. The van der Waals surface area contributed by atoms with E-state index >= 15 is 0 Å². The predicted octanol–water partition coefficient (Wildman–Crippen LogP) is 4.57. The molecule has 2 aromatic carbocycles. The summed E-state index contributed by atoms with van der Waals surface area (Å²) in [5.41, 5.74) is 2.21. The van der Waals surface area contributed by atoms with Gasteiger partial charge in [0.2, 0.25) is 0 Å². The summed E-state index contributed by atoms with van der Waals surface area (Å²) in [5, 5.41) is 11.5. The summed E-state index contributed by atoms with van der Waals surface area (Å²) in [5.74, 6) is 0.398. The van der Waals surface area contributed by atoms with Gasteiger partial charge in [-0.3, -0.25) is 9.59 Å². The van der Waals surface area contributed by atoms with Crippen molar-refractivity contribution in [1.82, 2.24) is 9.80 Å². The highest BCUT2D eigenvalue weighted by Gasteiger charge is 2.46. The summed E-state index contributed by atoms with van der Waals surface area (Å²) in [6, 6.07) is 10.1. The van der Waals surface area contributed by atoms with Crippen LogP contribution in [-0.2, 0) is 16.0 Å². The fourth-order valence-electron chi connectivity index (χ4n) is 5.04. The molecule has 4 rings (SSSR count). The number of unbranched alkanes of at least 4 members (excludes halogenated alkanes) is 1. The number of aliphatic hydroxyl groups is 1. The minimum atomic E-state index is -0.751. The summed E-state index contributed by atoms with van der Waals surface area (Å²) < 4.78 is 17.3. The highest BCUT2D eigenvalue weighted by Crippen LogP contribution is 2.43. The van der Waals surface area contributed by atoms with Crippen LogP contribution in [0.2, 0.25) is 0 Å². The Morgan fingerprint density at radius 2 is 1.92 bits per heavy atom. The maximum Gasteiger partial charge on any atom is 0.295 e. The Hall–Kier alpha value is -3.52.